The van der Waals surface area contributed by atoms with Crippen LogP contribution in [-0.4, -0.2) is 36.0 Å². The average molecular weight is 485 g/mol. The Hall–Kier alpha value is -4.59. The molecule has 0 atom stereocenters. The number of hydrogen-bond donors (Lipinski definition) is 3. The number of methoxy groups -OCH3 is 2. The third-order valence-corrected chi connectivity index (χ3v) is 5.71. The number of hydrogen-bond acceptors (Lipinski definition) is 5. The molecular formula is C28H28N4O4. The number of aromatic nitrogens is 2. The highest BCUT2D eigenvalue weighted by atomic mass is 16.5. The minimum Gasteiger partial charge on any atom is -0.493 e. The van der Waals surface area contributed by atoms with Crippen LogP contribution in [0.15, 0.2) is 67.0 Å². The largest absolute Gasteiger partial charge is 0.493 e. The van der Waals surface area contributed by atoms with E-state index >= 15 is 0 Å². The third-order valence-electron chi connectivity index (χ3n) is 5.71. The Kier molecular flexibility index (Phi) is 7.65. The summed E-state index contributed by atoms with van der Waals surface area (Å²) >= 11 is 0. The van der Waals surface area contributed by atoms with Crippen molar-refractivity contribution in [2.75, 3.05) is 14.2 Å². The van der Waals surface area contributed by atoms with Gasteiger partial charge in [0.2, 0.25) is 11.8 Å². The fourth-order valence-corrected chi connectivity index (χ4v) is 3.93. The first-order valence-corrected chi connectivity index (χ1v) is 11.4. The molecule has 8 nitrogen and oxygen atoms in total. The molecular weight excluding hydrogens is 456 g/mol. The number of nitrogens with one attached hydrogen (secondary N) is 3. The van der Waals surface area contributed by atoms with Crippen LogP contribution < -0.4 is 20.1 Å². The second-order valence-electron chi connectivity index (χ2n) is 8.18. The zero-order valence-electron chi connectivity index (χ0n) is 20.4. The molecule has 0 fully saturated rings. The first-order chi connectivity index (χ1) is 17.5. The molecule has 4 aromatic rings. The summed E-state index contributed by atoms with van der Waals surface area (Å²) in [4.78, 5) is 31.4. The Balaban J connectivity index is 1.52. The van der Waals surface area contributed by atoms with Crippen LogP contribution in [0.5, 0.6) is 11.5 Å². The van der Waals surface area contributed by atoms with Gasteiger partial charge < -0.3 is 25.1 Å². The van der Waals surface area contributed by atoms with Gasteiger partial charge in [0, 0.05) is 49.4 Å². The number of benzene rings is 2. The fraction of sp³-hybridized carbons (Fsp3) is 0.179. The Morgan fingerprint density at radius 1 is 0.972 bits per heavy atom. The summed E-state index contributed by atoms with van der Waals surface area (Å²) in [5.41, 5.74) is 5.45. The van der Waals surface area contributed by atoms with Gasteiger partial charge in [-0.2, -0.15) is 0 Å². The summed E-state index contributed by atoms with van der Waals surface area (Å²) in [6, 6.07) is 15.5. The molecule has 0 aliphatic heterocycles. The van der Waals surface area contributed by atoms with Crippen molar-refractivity contribution in [3.8, 4) is 22.6 Å². The summed E-state index contributed by atoms with van der Waals surface area (Å²) in [6.07, 6.45) is 6.86. The third kappa shape index (κ3) is 5.72. The minimum atomic E-state index is -0.220. The van der Waals surface area contributed by atoms with E-state index in [2.05, 4.69) is 20.6 Å². The number of nitrogens with zero attached hydrogens (tertiary/aromatic N) is 1. The van der Waals surface area contributed by atoms with E-state index in [0.29, 0.717) is 24.6 Å². The second kappa shape index (κ2) is 11.2. The van der Waals surface area contributed by atoms with Gasteiger partial charge in [-0.25, -0.2) is 4.98 Å². The molecule has 0 saturated carbocycles. The molecule has 0 bridgehead atoms. The summed E-state index contributed by atoms with van der Waals surface area (Å²) in [5, 5.41) is 6.63. The number of carbonyl (C=O) groups excluding carboxylic acids is 2. The molecule has 2 aromatic heterocycles. The predicted octanol–water partition coefficient (Wildman–Crippen LogP) is 4.21. The van der Waals surface area contributed by atoms with E-state index in [1.54, 1.807) is 26.5 Å². The standard InChI is InChI=1S/C28H28N4O4/c1-18(33)30-15-19-5-4-6-21(13-19)23-11-12-29-28-27(23)22(17-32-28)8-10-26(34)31-16-20-7-9-24(35-2)25(14-20)36-3/h4-14,17H,15-16H2,1-3H3,(H,29,32)(H,30,33)(H,31,34)/b10-8+. The molecule has 36 heavy (non-hydrogen) atoms. The number of rotatable bonds is 9. The zero-order chi connectivity index (χ0) is 25.5. The molecule has 4 rings (SSSR count). The van der Waals surface area contributed by atoms with Gasteiger partial charge in [-0.05, 0) is 52.6 Å². The van der Waals surface area contributed by atoms with Crippen LogP contribution in [0, 0.1) is 0 Å². The number of carbonyl (C=O) groups is 2. The summed E-state index contributed by atoms with van der Waals surface area (Å²) in [7, 11) is 3.16. The molecule has 0 aliphatic rings. The summed E-state index contributed by atoms with van der Waals surface area (Å²) < 4.78 is 10.6. The van der Waals surface area contributed by atoms with Crippen LogP contribution in [0.2, 0.25) is 0 Å². The van der Waals surface area contributed by atoms with Gasteiger partial charge in [-0.1, -0.05) is 24.3 Å². The van der Waals surface area contributed by atoms with Crippen molar-refractivity contribution < 1.29 is 19.1 Å². The summed E-state index contributed by atoms with van der Waals surface area (Å²) in [6.45, 7) is 2.31. The molecule has 8 heteroatoms. The van der Waals surface area contributed by atoms with Gasteiger partial charge in [0.15, 0.2) is 11.5 Å². The lowest BCUT2D eigenvalue weighted by Gasteiger charge is -2.09. The van der Waals surface area contributed by atoms with Crippen LogP contribution in [0.25, 0.3) is 28.2 Å². The Bertz CT molecular complexity index is 1420. The summed E-state index contributed by atoms with van der Waals surface area (Å²) in [5.74, 6) is 0.952. The topological polar surface area (TPSA) is 105 Å². The number of amides is 2. The van der Waals surface area contributed by atoms with Crippen molar-refractivity contribution in [1.29, 1.82) is 0 Å². The number of H-pyrrole nitrogens is 1. The van der Waals surface area contributed by atoms with E-state index in [9.17, 15) is 9.59 Å². The molecule has 0 spiro atoms. The number of aromatic amines is 1. The van der Waals surface area contributed by atoms with Crippen molar-refractivity contribution in [3.05, 3.63) is 83.7 Å². The first kappa shape index (κ1) is 24.5. The number of fused-ring (bicyclic) bond motifs is 1. The predicted molar refractivity (Wildman–Crippen MR) is 139 cm³/mol. The molecule has 2 aromatic carbocycles. The molecule has 0 radical (unpaired) electrons. The lowest BCUT2D eigenvalue weighted by Crippen LogP contribution is -2.20. The maximum atomic E-state index is 12.5. The SMILES string of the molecule is COc1ccc(CNC(=O)/C=C/c2c[nH]c3nccc(-c4cccc(CNC(C)=O)c4)c23)cc1OC. The van der Waals surface area contributed by atoms with Crippen molar-refractivity contribution in [2.24, 2.45) is 0 Å². The van der Waals surface area contributed by atoms with E-state index in [-0.39, 0.29) is 11.8 Å². The minimum absolute atomic E-state index is 0.0748. The van der Waals surface area contributed by atoms with Crippen molar-refractivity contribution >= 4 is 28.9 Å². The first-order valence-electron chi connectivity index (χ1n) is 11.4. The number of ether oxygens (including phenoxy) is 2. The quantitative estimate of drug-likeness (QED) is 0.309. The molecule has 184 valence electrons. The average Bonchev–Trinajstić information content (AvgIpc) is 3.32. The van der Waals surface area contributed by atoms with E-state index in [0.717, 1.165) is 38.9 Å². The molecule has 0 aliphatic carbocycles. The smallest absolute Gasteiger partial charge is 0.244 e. The van der Waals surface area contributed by atoms with Crippen molar-refractivity contribution in [1.82, 2.24) is 20.6 Å². The van der Waals surface area contributed by atoms with Gasteiger partial charge >= 0.3 is 0 Å². The normalized spacial score (nSPS) is 11.0. The van der Waals surface area contributed by atoms with Gasteiger partial charge in [-0.15, -0.1) is 0 Å². The lowest BCUT2D eigenvalue weighted by molar-refractivity contribution is -0.119. The fourth-order valence-electron chi connectivity index (χ4n) is 3.93. The monoisotopic (exact) mass is 484 g/mol. The Morgan fingerprint density at radius 3 is 2.53 bits per heavy atom. The molecule has 0 unspecified atom stereocenters. The maximum absolute atomic E-state index is 12.5. The molecule has 0 saturated heterocycles. The van der Waals surface area contributed by atoms with E-state index < -0.39 is 0 Å². The van der Waals surface area contributed by atoms with Crippen molar-refractivity contribution in [3.63, 3.8) is 0 Å². The van der Waals surface area contributed by atoms with Crippen LogP contribution >= 0.6 is 0 Å². The van der Waals surface area contributed by atoms with Crippen LogP contribution in [-0.2, 0) is 22.7 Å². The molecule has 3 N–H and O–H groups in total. The van der Waals surface area contributed by atoms with Crippen LogP contribution in [0.4, 0.5) is 0 Å². The maximum Gasteiger partial charge on any atom is 0.244 e. The highest BCUT2D eigenvalue weighted by molar-refractivity contribution is 6.01. The van der Waals surface area contributed by atoms with E-state index in [1.165, 1.54) is 13.0 Å². The van der Waals surface area contributed by atoms with Crippen LogP contribution in [0.3, 0.4) is 0 Å². The van der Waals surface area contributed by atoms with Crippen molar-refractivity contribution in [2.45, 2.75) is 20.0 Å². The van der Waals surface area contributed by atoms with Gasteiger partial charge in [0.05, 0.1) is 14.2 Å². The van der Waals surface area contributed by atoms with E-state index in [1.807, 2.05) is 54.7 Å². The van der Waals surface area contributed by atoms with Gasteiger partial charge in [0.25, 0.3) is 0 Å². The highest BCUT2D eigenvalue weighted by Crippen LogP contribution is 2.31. The van der Waals surface area contributed by atoms with E-state index in [4.69, 9.17) is 9.47 Å². The molecule has 2 amide bonds. The zero-order valence-corrected chi connectivity index (χ0v) is 20.4. The second-order valence-corrected chi connectivity index (χ2v) is 8.18. The Labute approximate surface area is 209 Å². The van der Waals surface area contributed by atoms with Crippen LogP contribution in [0.1, 0.15) is 23.6 Å². The highest BCUT2D eigenvalue weighted by Gasteiger charge is 2.11. The van der Waals surface area contributed by atoms with Gasteiger partial charge in [-0.3, -0.25) is 9.59 Å². The molecule has 2 heterocycles. The number of pyridine rings is 1. The lowest BCUT2D eigenvalue weighted by atomic mass is 9.99. The Morgan fingerprint density at radius 2 is 1.75 bits per heavy atom. The van der Waals surface area contributed by atoms with Gasteiger partial charge in [0.1, 0.15) is 5.65 Å².